The second-order valence-electron chi connectivity index (χ2n) is 6.07. The molecule has 0 bridgehead atoms. The molecule has 2 atom stereocenters. The summed E-state index contributed by atoms with van der Waals surface area (Å²) in [7, 11) is 0. The van der Waals surface area contributed by atoms with Crippen molar-refractivity contribution in [1.82, 2.24) is 20.4 Å². The molecule has 2 aromatic heterocycles. The lowest BCUT2D eigenvalue weighted by atomic mass is 10.1. The topological polar surface area (TPSA) is 92.3 Å². The highest BCUT2D eigenvalue weighted by Crippen LogP contribution is 2.18. The smallest absolute Gasteiger partial charge is 0.314 e. The van der Waals surface area contributed by atoms with Gasteiger partial charge in [0.05, 0.1) is 12.0 Å². The molecule has 3 N–H and O–H groups in total. The maximum Gasteiger partial charge on any atom is 0.314 e. The molecule has 7 heteroatoms. The monoisotopic (exact) mass is 334 g/mol. The Balaban J connectivity index is 1.63. The Morgan fingerprint density at radius 2 is 2.25 bits per heavy atom. The maximum absolute atomic E-state index is 11.9. The molecule has 0 aromatic carbocycles. The highest BCUT2D eigenvalue weighted by Gasteiger charge is 2.16. The van der Waals surface area contributed by atoms with Crippen LogP contribution in [-0.2, 0) is 6.54 Å². The van der Waals surface area contributed by atoms with Gasteiger partial charge in [0, 0.05) is 31.2 Å². The lowest BCUT2D eigenvalue weighted by Crippen LogP contribution is -2.41. The number of amides is 2. The Hall–Kier alpha value is -2.28. The van der Waals surface area contributed by atoms with Crippen LogP contribution >= 0.6 is 0 Å². The minimum Gasteiger partial charge on any atom is -0.467 e. The van der Waals surface area contributed by atoms with Crippen LogP contribution in [0.2, 0.25) is 0 Å². The highest BCUT2D eigenvalue weighted by atomic mass is 16.4. The summed E-state index contributed by atoms with van der Waals surface area (Å²) in [6.45, 7) is 7.17. The van der Waals surface area contributed by atoms with Crippen molar-refractivity contribution >= 4 is 6.03 Å². The number of carbonyl (C=O) groups is 1. The molecule has 0 aliphatic heterocycles. The highest BCUT2D eigenvalue weighted by molar-refractivity contribution is 5.74. The van der Waals surface area contributed by atoms with E-state index in [-0.39, 0.29) is 12.1 Å². The van der Waals surface area contributed by atoms with Gasteiger partial charge in [0.15, 0.2) is 0 Å². The van der Waals surface area contributed by atoms with Gasteiger partial charge in [0.2, 0.25) is 0 Å². The molecule has 2 rings (SSSR count). The number of furan rings is 1. The average Bonchev–Trinajstić information content (AvgIpc) is 3.13. The fraction of sp³-hybridized carbons (Fsp3) is 0.529. The van der Waals surface area contributed by atoms with Gasteiger partial charge in [0.1, 0.15) is 11.9 Å². The minimum absolute atomic E-state index is 0.166. The minimum atomic E-state index is -0.721. The summed E-state index contributed by atoms with van der Waals surface area (Å²) in [4.78, 5) is 11.9. The molecule has 0 radical (unpaired) electrons. The standard InChI is InChI=1S/C17H26N4O3/c1-12(11-15(22)16-6-4-9-24-16)19-17(23)18-7-5-8-21-14(3)10-13(2)20-21/h4,6,9-10,12,15,22H,5,7-8,11H2,1-3H3,(H2,18,19,23). The number of aliphatic hydroxyl groups excluding tert-OH is 1. The molecular formula is C17H26N4O3. The van der Waals surface area contributed by atoms with Gasteiger partial charge in [-0.2, -0.15) is 5.10 Å². The number of nitrogens with zero attached hydrogens (tertiary/aromatic N) is 2. The molecule has 0 aliphatic carbocycles. The van der Waals surface area contributed by atoms with E-state index in [0.29, 0.717) is 18.7 Å². The number of aliphatic hydroxyl groups is 1. The van der Waals surface area contributed by atoms with Crippen molar-refractivity contribution in [3.63, 3.8) is 0 Å². The Labute approximate surface area is 142 Å². The summed E-state index contributed by atoms with van der Waals surface area (Å²) in [6.07, 6.45) is 2.00. The van der Waals surface area contributed by atoms with Crippen LogP contribution < -0.4 is 10.6 Å². The van der Waals surface area contributed by atoms with Crippen molar-refractivity contribution in [2.45, 2.75) is 52.3 Å². The van der Waals surface area contributed by atoms with Crippen LogP contribution in [0.4, 0.5) is 4.79 Å². The molecular weight excluding hydrogens is 308 g/mol. The van der Waals surface area contributed by atoms with Crippen molar-refractivity contribution in [1.29, 1.82) is 0 Å². The third kappa shape index (κ3) is 5.42. The van der Waals surface area contributed by atoms with E-state index in [4.69, 9.17) is 4.42 Å². The molecule has 0 fully saturated rings. The summed E-state index contributed by atoms with van der Waals surface area (Å²) in [5.41, 5.74) is 2.12. The van der Waals surface area contributed by atoms with Crippen molar-refractivity contribution in [3.05, 3.63) is 41.6 Å². The first-order valence-corrected chi connectivity index (χ1v) is 8.22. The second kappa shape index (κ2) is 8.54. The maximum atomic E-state index is 11.9. The van der Waals surface area contributed by atoms with E-state index in [0.717, 1.165) is 24.4 Å². The zero-order valence-electron chi connectivity index (χ0n) is 14.5. The SMILES string of the molecule is Cc1cc(C)n(CCCNC(=O)NC(C)CC(O)c2ccco2)n1. The Bertz CT molecular complexity index is 636. The number of aromatic nitrogens is 2. The summed E-state index contributed by atoms with van der Waals surface area (Å²) in [5.74, 6) is 0.508. The van der Waals surface area contributed by atoms with Crippen LogP contribution in [0.1, 0.15) is 43.0 Å². The van der Waals surface area contributed by atoms with Gasteiger partial charge in [-0.15, -0.1) is 0 Å². The molecule has 132 valence electrons. The first-order valence-electron chi connectivity index (χ1n) is 8.22. The molecule has 2 unspecified atom stereocenters. The summed E-state index contributed by atoms with van der Waals surface area (Å²) >= 11 is 0. The van der Waals surface area contributed by atoms with Crippen LogP contribution in [0.5, 0.6) is 0 Å². The number of urea groups is 1. The molecule has 2 amide bonds. The molecule has 24 heavy (non-hydrogen) atoms. The Morgan fingerprint density at radius 3 is 2.88 bits per heavy atom. The zero-order chi connectivity index (χ0) is 17.5. The first kappa shape index (κ1) is 18.1. The van der Waals surface area contributed by atoms with Crippen LogP contribution in [0.3, 0.4) is 0 Å². The van der Waals surface area contributed by atoms with E-state index < -0.39 is 6.10 Å². The van der Waals surface area contributed by atoms with E-state index in [9.17, 15) is 9.90 Å². The van der Waals surface area contributed by atoms with Crippen molar-refractivity contribution in [3.8, 4) is 0 Å². The van der Waals surface area contributed by atoms with Crippen molar-refractivity contribution < 1.29 is 14.3 Å². The normalized spacial score (nSPS) is 13.5. The second-order valence-corrected chi connectivity index (χ2v) is 6.07. The fourth-order valence-electron chi connectivity index (χ4n) is 2.60. The largest absolute Gasteiger partial charge is 0.467 e. The fourth-order valence-corrected chi connectivity index (χ4v) is 2.60. The number of aryl methyl sites for hydroxylation is 3. The number of hydrogen-bond acceptors (Lipinski definition) is 4. The lowest BCUT2D eigenvalue weighted by molar-refractivity contribution is 0.129. The van der Waals surface area contributed by atoms with Gasteiger partial charge in [0.25, 0.3) is 0 Å². The number of carbonyl (C=O) groups excluding carboxylic acids is 1. The van der Waals surface area contributed by atoms with Gasteiger partial charge in [-0.25, -0.2) is 4.79 Å². The number of nitrogens with one attached hydrogen (secondary N) is 2. The van der Waals surface area contributed by atoms with Gasteiger partial charge in [-0.05, 0) is 45.4 Å². The van der Waals surface area contributed by atoms with E-state index >= 15 is 0 Å². The lowest BCUT2D eigenvalue weighted by Gasteiger charge is -2.17. The molecule has 0 saturated heterocycles. The van der Waals surface area contributed by atoms with Crippen LogP contribution in [0.25, 0.3) is 0 Å². The molecule has 0 aliphatic rings. The quantitative estimate of drug-likeness (QED) is 0.646. The van der Waals surface area contributed by atoms with Gasteiger partial charge in [-0.1, -0.05) is 0 Å². The van der Waals surface area contributed by atoms with E-state index in [2.05, 4.69) is 15.7 Å². The van der Waals surface area contributed by atoms with Crippen LogP contribution in [0.15, 0.2) is 28.9 Å². The van der Waals surface area contributed by atoms with Gasteiger partial charge < -0.3 is 20.2 Å². The molecule has 2 aromatic rings. The third-order valence-corrected chi connectivity index (χ3v) is 3.76. The van der Waals surface area contributed by atoms with Gasteiger partial charge >= 0.3 is 6.03 Å². The van der Waals surface area contributed by atoms with E-state index in [1.54, 1.807) is 12.1 Å². The summed E-state index contributed by atoms with van der Waals surface area (Å²) in [6, 6.07) is 5.08. The van der Waals surface area contributed by atoms with Crippen LogP contribution in [-0.4, -0.2) is 33.5 Å². The van der Waals surface area contributed by atoms with Crippen molar-refractivity contribution in [2.24, 2.45) is 0 Å². The summed E-state index contributed by atoms with van der Waals surface area (Å²) in [5, 5.41) is 20.0. The average molecular weight is 334 g/mol. The van der Waals surface area contributed by atoms with Gasteiger partial charge in [-0.3, -0.25) is 4.68 Å². The molecule has 0 saturated carbocycles. The van der Waals surface area contributed by atoms with E-state index in [1.807, 2.05) is 31.5 Å². The number of rotatable bonds is 8. The zero-order valence-corrected chi connectivity index (χ0v) is 14.5. The molecule has 0 spiro atoms. The Kier molecular flexibility index (Phi) is 6.43. The Morgan fingerprint density at radius 1 is 1.46 bits per heavy atom. The number of hydrogen-bond donors (Lipinski definition) is 3. The third-order valence-electron chi connectivity index (χ3n) is 3.76. The van der Waals surface area contributed by atoms with Crippen LogP contribution in [0, 0.1) is 13.8 Å². The molecule has 7 nitrogen and oxygen atoms in total. The van der Waals surface area contributed by atoms with Crippen molar-refractivity contribution in [2.75, 3.05) is 6.54 Å². The van der Waals surface area contributed by atoms with E-state index in [1.165, 1.54) is 6.26 Å². The first-order chi connectivity index (χ1) is 11.5. The predicted octanol–water partition coefficient (Wildman–Crippen LogP) is 2.29. The summed E-state index contributed by atoms with van der Waals surface area (Å²) < 4.78 is 7.09. The molecule has 2 heterocycles. The predicted molar refractivity (Wildman–Crippen MR) is 90.6 cm³/mol.